The molecule has 0 amide bonds. The molecule has 0 spiro atoms. The first kappa shape index (κ1) is 37.6. The van der Waals surface area contributed by atoms with Crippen LogP contribution in [0.15, 0.2) is 84.4 Å². The fourth-order valence-electron chi connectivity index (χ4n) is 7.62. The Labute approximate surface area is 307 Å². The Hall–Kier alpha value is -2.66. The summed E-state index contributed by atoms with van der Waals surface area (Å²) in [6.45, 7) is 4.01. The number of benzene rings is 2. The minimum Gasteiger partial charge on any atom is -0.237 e. The van der Waals surface area contributed by atoms with E-state index in [-0.39, 0.29) is 0 Å². The molecule has 0 unspecified atom stereocenters. The van der Waals surface area contributed by atoms with Crippen LogP contribution < -0.4 is 9.13 Å². The van der Waals surface area contributed by atoms with Crippen molar-refractivity contribution in [2.75, 3.05) is 0 Å². The SMILES string of the molecule is Brc1c2cccc1C[n+]1ccn(c1)CCCCCCCCCCCCc1cccc(c1)CCCCCCCCCCCCn1cc[n+](c1)C2. The molecule has 0 saturated carbocycles. The maximum absolute atomic E-state index is 3.96. The summed E-state index contributed by atoms with van der Waals surface area (Å²) >= 11 is 3.96. The smallest absolute Gasteiger partial charge is 0.237 e. The van der Waals surface area contributed by atoms with E-state index in [1.54, 1.807) is 11.1 Å². The summed E-state index contributed by atoms with van der Waals surface area (Å²) in [6.07, 6.45) is 43.5. The average Bonchev–Trinajstić information content (AvgIpc) is 3.76. The molecule has 4 aromatic rings. The van der Waals surface area contributed by atoms with Crippen LogP contribution in [0.2, 0.25) is 0 Å². The van der Waals surface area contributed by atoms with Gasteiger partial charge >= 0.3 is 0 Å². The number of rotatable bonds is 0. The molecule has 0 N–H and O–H groups in total. The summed E-state index contributed by atoms with van der Waals surface area (Å²) in [5.41, 5.74) is 5.79. The molecule has 1 aliphatic heterocycles. The fourth-order valence-corrected chi connectivity index (χ4v) is 8.13. The van der Waals surface area contributed by atoms with Crippen molar-refractivity contribution in [1.82, 2.24) is 9.13 Å². The minimum atomic E-state index is 0.889. The van der Waals surface area contributed by atoms with Gasteiger partial charge in [0.05, 0.1) is 13.1 Å². The molecule has 4 nitrogen and oxygen atoms in total. The van der Waals surface area contributed by atoms with Crippen molar-refractivity contribution in [2.45, 2.75) is 167 Å². The molecular weight excluding hydrogens is 664 g/mol. The molecule has 49 heavy (non-hydrogen) atoms. The van der Waals surface area contributed by atoms with E-state index in [0.717, 1.165) is 26.2 Å². The van der Waals surface area contributed by atoms with E-state index >= 15 is 0 Å². The number of hydrogen-bond donors (Lipinski definition) is 0. The lowest BCUT2D eigenvalue weighted by Gasteiger charge is -2.07. The highest BCUT2D eigenvalue weighted by Crippen LogP contribution is 2.22. The number of hydrogen-bond acceptors (Lipinski definition) is 0. The second kappa shape index (κ2) is 22.2. The molecule has 2 aromatic heterocycles. The van der Waals surface area contributed by atoms with Crippen LogP contribution in [0.3, 0.4) is 0 Å². The highest BCUT2D eigenvalue weighted by atomic mass is 79.9. The van der Waals surface area contributed by atoms with Crippen LogP contribution in [0.5, 0.6) is 0 Å². The van der Waals surface area contributed by atoms with E-state index < -0.39 is 0 Å². The van der Waals surface area contributed by atoms with E-state index in [4.69, 9.17) is 0 Å². The molecule has 0 radical (unpaired) electrons. The van der Waals surface area contributed by atoms with E-state index in [2.05, 4.69) is 114 Å². The third-order valence-corrected chi connectivity index (χ3v) is 11.6. The molecule has 2 aromatic carbocycles. The molecular formula is C44H65BrN4+2. The number of nitrogens with zero attached hydrogens (tertiary/aromatic N) is 4. The highest BCUT2D eigenvalue weighted by Gasteiger charge is 2.13. The molecule has 5 heteroatoms. The lowest BCUT2D eigenvalue weighted by Crippen LogP contribution is -2.33. The predicted molar refractivity (Wildman–Crippen MR) is 208 cm³/mol. The van der Waals surface area contributed by atoms with Gasteiger partial charge in [0.1, 0.15) is 37.9 Å². The van der Waals surface area contributed by atoms with Crippen LogP contribution in [0.4, 0.5) is 0 Å². The number of aryl methyl sites for hydroxylation is 4. The Morgan fingerprint density at radius 3 is 1.24 bits per heavy atom. The Morgan fingerprint density at radius 1 is 0.449 bits per heavy atom. The van der Waals surface area contributed by atoms with E-state index in [0.29, 0.717) is 0 Å². The zero-order valence-electron chi connectivity index (χ0n) is 30.6. The van der Waals surface area contributed by atoms with Gasteiger partial charge in [0.2, 0.25) is 12.7 Å². The lowest BCUT2D eigenvalue weighted by atomic mass is 9.99. The number of fused-ring (bicyclic) bond motifs is 8. The molecule has 266 valence electrons. The molecule has 8 bridgehead atoms. The first-order chi connectivity index (χ1) is 24.2. The number of imidazole rings is 2. The van der Waals surface area contributed by atoms with Crippen LogP contribution in [-0.2, 0) is 39.0 Å². The van der Waals surface area contributed by atoms with Crippen molar-refractivity contribution in [1.29, 1.82) is 0 Å². The molecule has 0 aliphatic carbocycles. The van der Waals surface area contributed by atoms with Gasteiger partial charge in [-0.2, -0.15) is 0 Å². The van der Waals surface area contributed by atoms with E-state index in [1.165, 1.54) is 157 Å². The van der Waals surface area contributed by atoms with Crippen LogP contribution in [0, 0.1) is 0 Å². The van der Waals surface area contributed by atoms with Crippen molar-refractivity contribution in [2.24, 2.45) is 0 Å². The summed E-state index contributed by atoms with van der Waals surface area (Å²) in [7, 11) is 0. The summed E-state index contributed by atoms with van der Waals surface area (Å²) < 4.78 is 10.6. The van der Waals surface area contributed by atoms with Crippen LogP contribution in [-0.4, -0.2) is 9.13 Å². The van der Waals surface area contributed by atoms with Crippen molar-refractivity contribution in [3.05, 3.63) is 107 Å². The van der Waals surface area contributed by atoms with Gasteiger partial charge in [0, 0.05) is 15.6 Å². The summed E-state index contributed by atoms with van der Waals surface area (Å²) in [5.74, 6) is 0. The largest absolute Gasteiger partial charge is 0.244 e. The van der Waals surface area contributed by atoms with Gasteiger partial charge in [-0.1, -0.05) is 132 Å². The molecule has 0 saturated heterocycles. The molecule has 1 aliphatic rings. The highest BCUT2D eigenvalue weighted by molar-refractivity contribution is 9.10. The van der Waals surface area contributed by atoms with Crippen molar-refractivity contribution >= 4 is 15.9 Å². The zero-order chi connectivity index (χ0) is 33.8. The second-order valence-corrected chi connectivity index (χ2v) is 15.7. The summed E-state index contributed by atoms with van der Waals surface area (Å²) in [6, 6.07) is 16.2. The Balaban J connectivity index is 1.07. The minimum absolute atomic E-state index is 0.889. The second-order valence-electron chi connectivity index (χ2n) is 14.9. The maximum Gasteiger partial charge on any atom is 0.244 e. The topological polar surface area (TPSA) is 17.6 Å². The molecule has 0 fully saturated rings. The first-order valence-electron chi connectivity index (χ1n) is 20.2. The molecule has 3 heterocycles. The van der Waals surface area contributed by atoms with Gasteiger partial charge in [-0.15, -0.1) is 0 Å². The normalized spacial score (nSPS) is 18.2. The molecule has 0 atom stereocenters. The van der Waals surface area contributed by atoms with Gasteiger partial charge in [-0.3, -0.25) is 0 Å². The standard InChI is InChI=1S/C44H65BrN4/c45-44-42-27-22-28-43(44)37-49-34-32-47(39-49)30-20-16-12-8-4-2-6-10-14-18-24-41-26-21-25-40(35-41)23-17-13-9-5-1-3-7-11-15-19-29-46-31-33-48(36-42)38-46/h21-22,25-28,31-35,38-39H,1-20,23-24,29-30,36-37H2/q+2. The Bertz CT molecular complexity index is 1370. The van der Waals surface area contributed by atoms with E-state index in [9.17, 15) is 0 Å². The van der Waals surface area contributed by atoms with Crippen LogP contribution >= 0.6 is 15.9 Å². The van der Waals surface area contributed by atoms with Gasteiger partial charge in [-0.05, 0) is 78.4 Å². The Morgan fingerprint density at radius 2 is 0.816 bits per heavy atom. The monoisotopic (exact) mass is 728 g/mol. The third-order valence-electron chi connectivity index (χ3n) is 10.6. The number of aromatic nitrogens is 4. The number of halogens is 1. The quantitative estimate of drug-likeness (QED) is 0.160. The first-order valence-corrected chi connectivity index (χ1v) is 21.0. The zero-order valence-corrected chi connectivity index (χ0v) is 32.1. The van der Waals surface area contributed by atoms with Crippen molar-refractivity contribution in [3.8, 4) is 0 Å². The fraction of sp³-hybridized carbons (Fsp3) is 0.591. The van der Waals surface area contributed by atoms with Gasteiger partial charge in [0.25, 0.3) is 0 Å². The van der Waals surface area contributed by atoms with Crippen molar-refractivity contribution < 1.29 is 9.13 Å². The average molecular weight is 730 g/mol. The van der Waals surface area contributed by atoms with Gasteiger partial charge in [-0.25, -0.2) is 18.3 Å². The third kappa shape index (κ3) is 14.2. The van der Waals surface area contributed by atoms with Crippen LogP contribution in [0.1, 0.15) is 151 Å². The van der Waals surface area contributed by atoms with Gasteiger partial charge < -0.3 is 0 Å². The Kier molecular flexibility index (Phi) is 17.0. The van der Waals surface area contributed by atoms with Crippen LogP contribution in [0.25, 0.3) is 0 Å². The van der Waals surface area contributed by atoms with E-state index in [1.807, 2.05) is 0 Å². The lowest BCUT2D eigenvalue weighted by molar-refractivity contribution is -0.689. The molecule has 5 rings (SSSR count). The van der Waals surface area contributed by atoms with Gasteiger partial charge in [0.15, 0.2) is 0 Å². The summed E-state index contributed by atoms with van der Waals surface area (Å²) in [4.78, 5) is 0. The summed E-state index contributed by atoms with van der Waals surface area (Å²) in [5, 5.41) is 0. The predicted octanol–water partition coefficient (Wildman–Crippen LogP) is 11.3. The maximum atomic E-state index is 3.96. The van der Waals surface area contributed by atoms with Crippen molar-refractivity contribution in [3.63, 3.8) is 0 Å².